The Balaban J connectivity index is 2.28. The summed E-state index contributed by atoms with van der Waals surface area (Å²) in [6, 6.07) is 10.6. The van der Waals surface area contributed by atoms with E-state index in [4.69, 9.17) is 4.74 Å². The Labute approximate surface area is 73.4 Å². The average molecular weight is 162 g/mol. The van der Waals surface area contributed by atoms with E-state index in [2.05, 4.69) is 38.1 Å². The highest BCUT2D eigenvalue weighted by atomic mass is 16.6. The maximum Gasteiger partial charge on any atom is 0.0900 e. The Morgan fingerprint density at radius 2 is 1.83 bits per heavy atom. The van der Waals surface area contributed by atoms with Gasteiger partial charge in [-0.1, -0.05) is 44.2 Å². The lowest BCUT2D eigenvalue weighted by molar-refractivity contribution is 0.319. The van der Waals surface area contributed by atoms with Crippen molar-refractivity contribution in [2.45, 2.75) is 25.4 Å². The molecule has 1 heteroatoms. The molecule has 1 aliphatic heterocycles. The van der Waals surface area contributed by atoms with Crippen molar-refractivity contribution < 1.29 is 4.74 Å². The van der Waals surface area contributed by atoms with Gasteiger partial charge in [0, 0.05) is 5.41 Å². The fourth-order valence-electron chi connectivity index (χ4n) is 1.52. The average Bonchev–Trinajstić information content (AvgIpc) is 2.88. The zero-order valence-corrected chi connectivity index (χ0v) is 7.58. The van der Waals surface area contributed by atoms with E-state index in [-0.39, 0.29) is 5.41 Å². The molecule has 0 radical (unpaired) electrons. The Hall–Kier alpha value is -0.820. The van der Waals surface area contributed by atoms with Crippen LogP contribution < -0.4 is 0 Å². The second-order valence-corrected chi connectivity index (χ2v) is 3.91. The van der Waals surface area contributed by atoms with Gasteiger partial charge in [0.1, 0.15) is 0 Å². The lowest BCUT2D eigenvalue weighted by Crippen LogP contribution is -2.24. The number of hydrogen-bond donors (Lipinski definition) is 0. The second kappa shape index (κ2) is 2.60. The quantitative estimate of drug-likeness (QED) is 0.608. The number of rotatable bonds is 2. The minimum atomic E-state index is 0.182. The molecule has 0 bridgehead atoms. The summed E-state index contributed by atoms with van der Waals surface area (Å²) in [7, 11) is 0. The first kappa shape index (κ1) is 7.81. The van der Waals surface area contributed by atoms with Crippen LogP contribution in [0.5, 0.6) is 0 Å². The van der Waals surface area contributed by atoms with Crippen LogP contribution in [0, 0.1) is 0 Å². The van der Waals surface area contributed by atoms with Crippen LogP contribution in [-0.2, 0) is 10.2 Å². The summed E-state index contributed by atoms with van der Waals surface area (Å²) < 4.78 is 5.33. The van der Waals surface area contributed by atoms with Crippen molar-refractivity contribution in [2.24, 2.45) is 0 Å². The highest BCUT2D eigenvalue weighted by Crippen LogP contribution is 2.35. The molecular weight excluding hydrogens is 148 g/mol. The zero-order valence-electron chi connectivity index (χ0n) is 7.58. The van der Waals surface area contributed by atoms with Crippen LogP contribution in [-0.4, -0.2) is 12.7 Å². The van der Waals surface area contributed by atoms with Gasteiger partial charge >= 0.3 is 0 Å². The summed E-state index contributed by atoms with van der Waals surface area (Å²) in [6.07, 6.45) is 0.430. The SMILES string of the molecule is CC(C)(c1ccccc1)[C@H]1CO1. The number of ether oxygens (including phenoxy) is 1. The molecule has 0 saturated carbocycles. The van der Waals surface area contributed by atoms with E-state index in [1.54, 1.807) is 0 Å². The number of hydrogen-bond acceptors (Lipinski definition) is 1. The van der Waals surface area contributed by atoms with Gasteiger partial charge in [-0.15, -0.1) is 0 Å². The molecular formula is C11H14O. The van der Waals surface area contributed by atoms with Crippen molar-refractivity contribution in [2.75, 3.05) is 6.61 Å². The summed E-state index contributed by atoms with van der Waals surface area (Å²) >= 11 is 0. The van der Waals surface area contributed by atoms with Crippen LogP contribution in [0.2, 0.25) is 0 Å². The predicted octanol–water partition coefficient (Wildman–Crippen LogP) is 2.36. The van der Waals surface area contributed by atoms with Crippen molar-refractivity contribution in [3.63, 3.8) is 0 Å². The van der Waals surface area contributed by atoms with Crippen LogP contribution in [0.25, 0.3) is 0 Å². The number of benzene rings is 1. The van der Waals surface area contributed by atoms with Crippen molar-refractivity contribution >= 4 is 0 Å². The molecule has 1 aliphatic rings. The van der Waals surface area contributed by atoms with E-state index in [9.17, 15) is 0 Å². The summed E-state index contributed by atoms with van der Waals surface area (Å²) in [5, 5.41) is 0. The number of epoxide rings is 1. The van der Waals surface area contributed by atoms with Crippen LogP contribution in [0.4, 0.5) is 0 Å². The van der Waals surface area contributed by atoms with Gasteiger partial charge in [0.15, 0.2) is 0 Å². The van der Waals surface area contributed by atoms with E-state index >= 15 is 0 Å². The maximum atomic E-state index is 5.33. The normalized spacial score (nSPS) is 22.3. The highest BCUT2D eigenvalue weighted by Gasteiger charge is 2.40. The molecule has 1 fully saturated rings. The third-order valence-corrected chi connectivity index (χ3v) is 2.66. The summed E-state index contributed by atoms with van der Waals surface area (Å²) in [6.45, 7) is 5.39. The first-order valence-electron chi connectivity index (χ1n) is 4.38. The minimum Gasteiger partial charge on any atom is -0.372 e. The lowest BCUT2D eigenvalue weighted by Gasteiger charge is -2.22. The highest BCUT2D eigenvalue weighted by molar-refractivity contribution is 5.26. The van der Waals surface area contributed by atoms with Crippen molar-refractivity contribution in [3.8, 4) is 0 Å². The molecule has 64 valence electrons. The molecule has 0 unspecified atom stereocenters. The van der Waals surface area contributed by atoms with Crippen molar-refractivity contribution in [1.82, 2.24) is 0 Å². The molecule has 0 spiro atoms. The van der Waals surface area contributed by atoms with Gasteiger partial charge in [-0.3, -0.25) is 0 Å². The van der Waals surface area contributed by atoms with Crippen LogP contribution in [0.1, 0.15) is 19.4 Å². The van der Waals surface area contributed by atoms with Gasteiger partial charge in [0.05, 0.1) is 12.7 Å². The monoisotopic (exact) mass is 162 g/mol. The van der Waals surface area contributed by atoms with Crippen LogP contribution in [0.3, 0.4) is 0 Å². The van der Waals surface area contributed by atoms with E-state index in [1.807, 2.05) is 6.07 Å². The van der Waals surface area contributed by atoms with E-state index in [0.29, 0.717) is 6.10 Å². The molecule has 1 aromatic rings. The molecule has 1 aromatic carbocycles. The smallest absolute Gasteiger partial charge is 0.0900 e. The van der Waals surface area contributed by atoms with Gasteiger partial charge in [0.25, 0.3) is 0 Å². The molecule has 0 N–H and O–H groups in total. The summed E-state index contributed by atoms with van der Waals surface area (Å²) in [4.78, 5) is 0. The third-order valence-electron chi connectivity index (χ3n) is 2.66. The predicted molar refractivity (Wildman–Crippen MR) is 49.2 cm³/mol. The fraction of sp³-hybridized carbons (Fsp3) is 0.455. The van der Waals surface area contributed by atoms with E-state index in [1.165, 1.54) is 5.56 Å². The lowest BCUT2D eigenvalue weighted by atomic mass is 9.82. The van der Waals surface area contributed by atoms with Crippen molar-refractivity contribution in [1.29, 1.82) is 0 Å². The van der Waals surface area contributed by atoms with Crippen molar-refractivity contribution in [3.05, 3.63) is 35.9 Å². The van der Waals surface area contributed by atoms with Gasteiger partial charge in [-0.2, -0.15) is 0 Å². The topological polar surface area (TPSA) is 12.5 Å². The molecule has 0 amide bonds. The molecule has 0 aliphatic carbocycles. The molecule has 12 heavy (non-hydrogen) atoms. The first-order chi connectivity index (χ1) is 5.71. The standard InChI is InChI=1S/C11H14O/c1-11(2,10-8-12-10)9-6-4-3-5-7-9/h3-7,10H,8H2,1-2H3/t10-/m1/s1. The third kappa shape index (κ3) is 1.25. The molecule has 2 rings (SSSR count). The van der Waals surface area contributed by atoms with Gasteiger partial charge in [-0.25, -0.2) is 0 Å². The first-order valence-corrected chi connectivity index (χ1v) is 4.38. The minimum absolute atomic E-state index is 0.182. The van der Waals surface area contributed by atoms with Gasteiger partial charge < -0.3 is 4.74 Å². The van der Waals surface area contributed by atoms with Crippen LogP contribution >= 0.6 is 0 Å². The summed E-state index contributed by atoms with van der Waals surface area (Å²) in [5.41, 5.74) is 1.55. The van der Waals surface area contributed by atoms with E-state index < -0.39 is 0 Å². The Morgan fingerprint density at radius 1 is 1.25 bits per heavy atom. The molecule has 1 nitrogen and oxygen atoms in total. The largest absolute Gasteiger partial charge is 0.372 e. The molecule has 1 saturated heterocycles. The summed E-state index contributed by atoms with van der Waals surface area (Å²) in [5.74, 6) is 0. The van der Waals surface area contributed by atoms with Gasteiger partial charge in [0.2, 0.25) is 0 Å². The van der Waals surface area contributed by atoms with Crippen LogP contribution in [0.15, 0.2) is 30.3 Å². The molecule has 0 aromatic heterocycles. The maximum absolute atomic E-state index is 5.33. The van der Waals surface area contributed by atoms with Gasteiger partial charge in [-0.05, 0) is 5.56 Å². The Bertz CT molecular complexity index is 260. The Kier molecular flexibility index (Phi) is 1.69. The van der Waals surface area contributed by atoms with E-state index in [0.717, 1.165) is 6.61 Å². The fourth-order valence-corrected chi connectivity index (χ4v) is 1.52. The zero-order chi connectivity index (χ0) is 8.60. The Morgan fingerprint density at radius 3 is 2.33 bits per heavy atom. The molecule has 1 heterocycles. The molecule has 1 atom stereocenters. The second-order valence-electron chi connectivity index (χ2n) is 3.91.